The lowest BCUT2D eigenvalue weighted by atomic mass is 10.1. The van der Waals surface area contributed by atoms with Crippen molar-refractivity contribution in [2.45, 2.75) is 31.8 Å². The maximum atomic E-state index is 5.69. The Morgan fingerprint density at radius 1 is 1.32 bits per heavy atom. The van der Waals surface area contributed by atoms with Crippen LogP contribution in [0.15, 0.2) is 40.2 Å². The van der Waals surface area contributed by atoms with Gasteiger partial charge in [-0.05, 0) is 38.1 Å². The quantitative estimate of drug-likeness (QED) is 0.619. The van der Waals surface area contributed by atoms with Crippen molar-refractivity contribution in [2.24, 2.45) is 12.0 Å². The van der Waals surface area contributed by atoms with E-state index in [9.17, 15) is 0 Å². The van der Waals surface area contributed by atoms with Crippen LogP contribution < -0.4 is 10.6 Å². The fourth-order valence-corrected chi connectivity index (χ4v) is 3.28. The SMILES string of the molecule is CN=C(NCc1cnn(C)c1)NCC(c1ccco1)N1CCCCC1. The average molecular weight is 344 g/mol. The summed E-state index contributed by atoms with van der Waals surface area (Å²) in [6.45, 7) is 3.70. The minimum absolute atomic E-state index is 0.229. The number of hydrogen-bond donors (Lipinski definition) is 2. The zero-order valence-corrected chi connectivity index (χ0v) is 15.1. The molecule has 1 aliphatic rings. The third-order valence-electron chi connectivity index (χ3n) is 4.61. The van der Waals surface area contributed by atoms with E-state index in [0.29, 0.717) is 6.54 Å². The minimum Gasteiger partial charge on any atom is -0.468 e. The van der Waals surface area contributed by atoms with Crippen molar-refractivity contribution in [3.05, 3.63) is 42.1 Å². The third-order valence-corrected chi connectivity index (χ3v) is 4.61. The lowest BCUT2D eigenvalue weighted by Gasteiger charge is -2.33. The molecule has 0 aromatic carbocycles. The summed E-state index contributed by atoms with van der Waals surface area (Å²) in [7, 11) is 3.71. The molecular formula is C18H28N6O. The number of furan rings is 1. The van der Waals surface area contributed by atoms with Gasteiger partial charge in [-0.25, -0.2) is 0 Å². The molecule has 7 nitrogen and oxygen atoms in total. The van der Waals surface area contributed by atoms with Crippen LogP contribution in [0.5, 0.6) is 0 Å². The molecule has 1 saturated heterocycles. The third kappa shape index (κ3) is 4.85. The monoisotopic (exact) mass is 344 g/mol. The second-order valence-electron chi connectivity index (χ2n) is 6.46. The molecule has 3 heterocycles. The van der Waals surface area contributed by atoms with Gasteiger partial charge in [0.25, 0.3) is 0 Å². The van der Waals surface area contributed by atoms with Crippen LogP contribution in [-0.4, -0.2) is 47.3 Å². The van der Waals surface area contributed by atoms with Crippen LogP contribution in [0.3, 0.4) is 0 Å². The highest BCUT2D eigenvalue weighted by atomic mass is 16.3. The summed E-state index contributed by atoms with van der Waals surface area (Å²) in [5.74, 6) is 1.80. The molecule has 1 atom stereocenters. The first-order valence-corrected chi connectivity index (χ1v) is 8.96. The number of likely N-dealkylation sites (tertiary alicyclic amines) is 1. The molecule has 25 heavy (non-hydrogen) atoms. The van der Waals surface area contributed by atoms with Gasteiger partial charge in [-0.3, -0.25) is 14.6 Å². The molecule has 2 N–H and O–H groups in total. The zero-order chi connectivity index (χ0) is 17.5. The van der Waals surface area contributed by atoms with E-state index in [1.807, 2.05) is 25.5 Å². The van der Waals surface area contributed by atoms with Crippen LogP contribution in [0.1, 0.15) is 36.6 Å². The summed E-state index contributed by atoms with van der Waals surface area (Å²) < 4.78 is 7.50. The number of rotatable bonds is 6. The first-order valence-electron chi connectivity index (χ1n) is 8.96. The number of aryl methyl sites for hydroxylation is 1. The number of aliphatic imine (C=N–C) groups is 1. The van der Waals surface area contributed by atoms with E-state index in [2.05, 4.69) is 31.7 Å². The Bertz CT molecular complexity index is 657. The molecule has 7 heteroatoms. The molecule has 1 fully saturated rings. The van der Waals surface area contributed by atoms with Gasteiger partial charge in [0.15, 0.2) is 5.96 Å². The average Bonchev–Trinajstić information content (AvgIpc) is 3.31. The van der Waals surface area contributed by atoms with E-state index < -0.39 is 0 Å². The van der Waals surface area contributed by atoms with Gasteiger partial charge >= 0.3 is 0 Å². The zero-order valence-electron chi connectivity index (χ0n) is 15.1. The highest BCUT2D eigenvalue weighted by Crippen LogP contribution is 2.24. The van der Waals surface area contributed by atoms with Crippen molar-refractivity contribution in [2.75, 3.05) is 26.7 Å². The van der Waals surface area contributed by atoms with E-state index in [-0.39, 0.29) is 6.04 Å². The van der Waals surface area contributed by atoms with Crippen LogP contribution in [0.25, 0.3) is 0 Å². The molecule has 0 bridgehead atoms. The van der Waals surface area contributed by atoms with Crippen LogP contribution in [-0.2, 0) is 13.6 Å². The van der Waals surface area contributed by atoms with E-state index in [4.69, 9.17) is 4.42 Å². The molecule has 0 amide bonds. The Morgan fingerprint density at radius 3 is 2.80 bits per heavy atom. The van der Waals surface area contributed by atoms with Crippen LogP contribution in [0.4, 0.5) is 0 Å². The Hall–Kier alpha value is -2.28. The van der Waals surface area contributed by atoms with Gasteiger partial charge < -0.3 is 15.1 Å². The van der Waals surface area contributed by atoms with Crippen LogP contribution in [0.2, 0.25) is 0 Å². The van der Waals surface area contributed by atoms with Gasteiger partial charge in [-0.15, -0.1) is 0 Å². The van der Waals surface area contributed by atoms with Crippen LogP contribution >= 0.6 is 0 Å². The predicted molar refractivity (Wildman–Crippen MR) is 98.3 cm³/mol. The molecule has 0 aliphatic carbocycles. The minimum atomic E-state index is 0.229. The predicted octanol–water partition coefficient (Wildman–Crippen LogP) is 1.91. The van der Waals surface area contributed by atoms with E-state index >= 15 is 0 Å². The van der Waals surface area contributed by atoms with Gasteiger partial charge in [0.1, 0.15) is 5.76 Å². The summed E-state index contributed by atoms with van der Waals surface area (Å²) in [5.41, 5.74) is 1.13. The topological polar surface area (TPSA) is 70.6 Å². The summed E-state index contributed by atoms with van der Waals surface area (Å²) in [6, 6.07) is 4.25. The van der Waals surface area contributed by atoms with Crippen molar-refractivity contribution in [3.8, 4) is 0 Å². The van der Waals surface area contributed by atoms with E-state index in [1.54, 1.807) is 18.0 Å². The van der Waals surface area contributed by atoms with Crippen molar-refractivity contribution in [3.63, 3.8) is 0 Å². The lowest BCUT2D eigenvalue weighted by Crippen LogP contribution is -2.44. The summed E-state index contributed by atoms with van der Waals surface area (Å²) in [5, 5.41) is 11.0. The molecule has 0 radical (unpaired) electrons. The maximum Gasteiger partial charge on any atom is 0.191 e. The Kier molecular flexibility index (Phi) is 6.11. The Labute approximate surface area is 149 Å². The summed E-state index contributed by atoms with van der Waals surface area (Å²) >= 11 is 0. The first kappa shape index (κ1) is 17.5. The smallest absolute Gasteiger partial charge is 0.191 e. The highest BCUT2D eigenvalue weighted by Gasteiger charge is 2.24. The van der Waals surface area contributed by atoms with Crippen LogP contribution in [0, 0.1) is 0 Å². The van der Waals surface area contributed by atoms with Crippen molar-refractivity contribution in [1.82, 2.24) is 25.3 Å². The Balaban J connectivity index is 1.57. The van der Waals surface area contributed by atoms with Gasteiger partial charge in [-0.2, -0.15) is 5.10 Å². The second kappa shape index (κ2) is 8.71. The van der Waals surface area contributed by atoms with Gasteiger partial charge in [0.05, 0.1) is 18.5 Å². The van der Waals surface area contributed by atoms with Gasteiger partial charge in [0.2, 0.25) is 0 Å². The fourth-order valence-electron chi connectivity index (χ4n) is 3.28. The standard InChI is InChI=1S/C18H28N6O/c1-19-18(20-11-15-12-22-23(2)14-15)21-13-16(17-7-6-10-25-17)24-8-4-3-5-9-24/h6-7,10,12,14,16H,3-5,8-9,11,13H2,1-2H3,(H2,19,20,21). The molecule has 2 aromatic heterocycles. The van der Waals surface area contributed by atoms with Gasteiger partial charge in [0, 0.05) is 38.9 Å². The molecule has 2 aromatic rings. The molecular weight excluding hydrogens is 316 g/mol. The summed E-state index contributed by atoms with van der Waals surface area (Å²) in [6.07, 6.45) is 9.45. The highest BCUT2D eigenvalue weighted by molar-refractivity contribution is 5.79. The normalized spacial score (nSPS) is 17.4. The largest absolute Gasteiger partial charge is 0.468 e. The van der Waals surface area contributed by atoms with Crippen molar-refractivity contribution in [1.29, 1.82) is 0 Å². The molecule has 1 aliphatic heterocycles. The molecule has 1 unspecified atom stereocenters. The Morgan fingerprint density at radius 2 is 2.16 bits per heavy atom. The van der Waals surface area contributed by atoms with E-state index in [0.717, 1.165) is 36.9 Å². The fraction of sp³-hybridized carbons (Fsp3) is 0.556. The number of nitrogens with zero attached hydrogens (tertiary/aromatic N) is 4. The van der Waals surface area contributed by atoms with Gasteiger partial charge in [-0.1, -0.05) is 6.42 Å². The molecule has 0 spiro atoms. The van der Waals surface area contributed by atoms with E-state index in [1.165, 1.54) is 19.3 Å². The number of guanidine groups is 1. The summed E-state index contributed by atoms with van der Waals surface area (Å²) in [4.78, 5) is 6.83. The van der Waals surface area contributed by atoms with Crippen molar-refractivity contribution < 1.29 is 4.42 Å². The lowest BCUT2D eigenvalue weighted by molar-refractivity contribution is 0.146. The molecule has 0 saturated carbocycles. The first-order chi connectivity index (χ1) is 12.3. The molecule has 3 rings (SSSR count). The van der Waals surface area contributed by atoms with Crippen molar-refractivity contribution >= 4 is 5.96 Å². The number of hydrogen-bond acceptors (Lipinski definition) is 4. The number of nitrogens with one attached hydrogen (secondary N) is 2. The maximum absolute atomic E-state index is 5.69. The molecule has 136 valence electrons. The number of piperidine rings is 1. The second-order valence-corrected chi connectivity index (χ2v) is 6.46. The number of aromatic nitrogens is 2.